The summed E-state index contributed by atoms with van der Waals surface area (Å²) in [6.45, 7) is 4.87. The van der Waals surface area contributed by atoms with Gasteiger partial charge in [-0.3, -0.25) is 4.68 Å². The lowest BCUT2D eigenvalue weighted by Crippen LogP contribution is -2.32. The quantitative estimate of drug-likeness (QED) is 0.855. The molecule has 2 heterocycles. The van der Waals surface area contributed by atoms with E-state index in [9.17, 15) is 18.2 Å². The van der Waals surface area contributed by atoms with Crippen LogP contribution in [0.5, 0.6) is 0 Å². The molecule has 1 N–H and O–H groups in total. The highest BCUT2D eigenvalue weighted by atomic mass is 19.4. The summed E-state index contributed by atoms with van der Waals surface area (Å²) in [7, 11) is -0.0843. The number of rotatable bonds is 2. The molecule has 0 aliphatic carbocycles. The SMILES string of the molecule is COB(O)c1cnc2nn(C(C)(C)C)c(C(F)(F)F)c2c1. The molecule has 0 fully saturated rings. The summed E-state index contributed by atoms with van der Waals surface area (Å²) >= 11 is 0. The number of fused-ring (bicyclic) bond motifs is 1. The fourth-order valence-corrected chi connectivity index (χ4v) is 2.02. The Bertz CT molecular complexity index is 664. The van der Waals surface area contributed by atoms with E-state index in [2.05, 4.69) is 10.1 Å². The second-order valence-electron chi connectivity index (χ2n) is 5.66. The van der Waals surface area contributed by atoms with Crippen LogP contribution in [0, 0.1) is 0 Å². The number of hydrogen-bond donors (Lipinski definition) is 1. The van der Waals surface area contributed by atoms with Crippen LogP contribution in [0.4, 0.5) is 13.2 Å². The predicted molar refractivity (Wildman–Crippen MR) is 72.1 cm³/mol. The lowest BCUT2D eigenvalue weighted by molar-refractivity contribution is -0.144. The van der Waals surface area contributed by atoms with Crippen molar-refractivity contribution in [3.05, 3.63) is 18.0 Å². The van der Waals surface area contributed by atoms with Gasteiger partial charge < -0.3 is 9.68 Å². The molecular weight excluding hydrogens is 286 g/mol. The van der Waals surface area contributed by atoms with Gasteiger partial charge in [-0.1, -0.05) is 0 Å². The molecule has 2 rings (SSSR count). The van der Waals surface area contributed by atoms with Crippen molar-refractivity contribution < 1.29 is 22.8 Å². The first kappa shape index (κ1) is 15.8. The van der Waals surface area contributed by atoms with Gasteiger partial charge in [-0.05, 0) is 26.8 Å². The molecule has 5 nitrogen and oxygen atoms in total. The molecule has 2 aromatic heterocycles. The summed E-state index contributed by atoms with van der Waals surface area (Å²) in [5.74, 6) is 0. The van der Waals surface area contributed by atoms with Gasteiger partial charge in [0.05, 0.1) is 10.9 Å². The minimum absolute atomic E-state index is 0.0238. The summed E-state index contributed by atoms with van der Waals surface area (Å²) in [4.78, 5) is 3.89. The van der Waals surface area contributed by atoms with Crippen LogP contribution in [-0.2, 0) is 16.4 Å². The highest BCUT2D eigenvalue weighted by Gasteiger charge is 2.40. The molecular formula is C12H15BF3N3O2. The van der Waals surface area contributed by atoms with Gasteiger partial charge in [0.15, 0.2) is 11.3 Å². The largest absolute Gasteiger partial charge is 0.492 e. The van der Waals surface area contributed by atoms with Crippen LogP contribution in [-0.4, -0.2) is 34.0 Å². The molecule has 0 amide bonds. The van der Waals surface area contributed by atoms with Crippen molar-refractivity contribution in [1.82, 2.24) is 14.8 Å². The summed E-state index contributed by atoms with van der Waals surface area (Å²) in [6.07, 6.45) is -3.34. The molecule has 9 heteroatoms. The van der Waals surface area contributed by atoms with Gasteiger partial charge in [-0.2, -0.15) is 18.3 Å². The second-order valence-corrected chi connectivity index (χ2v) is 5.66. The first-order valence-corrected chi connectivity index (χ1v) is 6.23. The summed E-state index contributed by atoms with van der Waals surface area (Å²) in [5.41, 5.74) is -1.62. The smallest absolute Gasteiger partial charge is 0.423 e. The Kier molecular flexibility index (Phi) is 3.75. The third-order valence-electron chi connectivity index (χ3n) is 2.96. The Labute approximate surface area is 119 Å². The average Bonchev–Trinajstić information content (AvgIpc) is 2.75. The summed E-state index contributed by atoms with van der Waals surface area (Å²) < 4.78 is 45.7. The third kappa shape index (κ3) is 2.89. The molecule has 0 saturated carbocycles. The van der Waals surface area contributed by atoms with E-state index < -0.39 is 24.5 Å². The Morgan fingerprint density at radius 1 is 1.29 bits per heavy atom. The molecule has 0 aromatic carbocycles. The third-order valence-corrected chi connectivity index (χ3v) is 2.96. The predicted octanol–water partition coefficient (Wildman–Crippen LogP) is 1.54. The number of alkyl halides is 3. The van der Waals surface area contributed by atoms with Crippen molar-refractivity contribution in [2.75, 3.05) is 7.11 Å². The van der Waals surface area contributed by atoms with Crippen molar-refractivity contribution in [3.8, 4) is 0 Å². The van der Waals surface area contributed by atoms with Crippen LogP contribution in [0.1, 0.15) is 26.5 Å². The van der Waals surface area contributed by atoms with Crippen LogP contribution in [0.2, 0.25) is 0 Å². The van der Waals surface area contributed by atoms with Gasteiger partial charge in [0, 0.05) is 18.8 Å². The van der Waals surface area contributed by atoms with Gasteiger partial charge >= 0.3 is 13.3 Å². The summed E-state index contributed by atoms with van der Waals surface area (Å²) in [5, 5.41) is 13.4. The minimum atomic E-state index is -4.58. The van der Waals surface area contributed by atoms with Crippen molar-refractivity contribution in [3.63, 3.8) is 0 Å². The van der Waals surface area contributed by atoms with E-state index in [1.165, 1.54) is 19.4 Å². The number of pyridine rings is 1. The van der Waals surface area contributed by atoms with Gasteiger partial charge in [0.2, 0.25) is 0 Å². The highest BCUT2D eigenvalue weighted by molar-refractivity contribution is 6.60. The fourth-order valence-electron chi connectivity index (χ4n) is 2.02. The standard InChI is InChI=1S/C12H15BF3N3O2/c1-11(2,3)19-9(12(14,15)16)8-5-7(13(20)21-4)6-17-10(8)18-19/h5-6,20H,1-4H3. The maximum atomic E-state index is 13.4. The van der Waals surface area contributed by atoms with E-state index in [-0.39, 0.29) is 16.5 Å². The Morgan fingerprint density at radius 3 is 2.38 bits per heavy atom. The molecule has 0 unspecified atom stereocenters. The number of halogens is 3. The minimum Gasteiger partial charge on any atom is -0.423 e. The topological polar surface area (TPSA) is 60.2 Å². The van der Waals surface area contributed by atoms with Crippen molar-refractivity contribution in [1.29, 1.82) is 0 Å². The van der Waals surface area contributed by atoms with Gasteiger partial charge in [0.25, 0.3) is 0 Å². The van der Waals surface area contributed by atoms with E-state index in [1.54, 1.807) is 20.8 Å². The van der Waals surface area contributed by atoms with Crippen LogP contribution in [0.25, 0.3) is 11.0 Å². The normalized spacial score (nSPS) is 13.0. The van der Waals surface area contributed by atoms with E-state index in [4.69, 9.17) is 4.65 Å². The maximum Gasteiger partial charge on any atom is 0.492 e. The monoisotopic (exact) mass is 301 g/mol. The molecule has 0 radical (unpaired) electrons. The van der Waals surface area contributed by atoms with Crippen molar-refractivity contribution in [2.24, 2.45) is 0 Å². The van der Waals surface area contributed by atoms with Crippen LogP contribution in [0.3, 0.4) is 0 Å². The van der Waals surface area contributed by atoms with E-state index >= 15 is 0 Å². The maximum absolute atomic E-state index is 13.4. The molecule has 2 aromatic rings. The number of nitrogens with zero attached hydrogens (tertiary/aromatic N) is 3. The van der Waals surface area contributed by atoms with Crippen LogP contribution in [0.15, 0.2) is 12.3 Å². The summed E-state index contributed by atoms with van der Waals surface area (Å²) in [6, 6.07) is 1.20. The van der Waals surface area contributed by atoms with Crippen LogP contribution >= 0.6 is 0 Å². The first-order chi connectivity index (χ1) is 9.55. The van der Waals surface area contributed by atoms with E-state index in [1.807, 2.05) is 0 Å². The molecule has 0 saturated heterocycles. The van der Waals surface area contributed by atoms with Crippen LogP contribution < -0.4 is 5.46 Å². The first-order valence-electron chi connectivity index (χ1n) is 6.23. The molecule has 114 valence electrons. The molecule has 0 bridgehead atoms. The van der Waals surface area contributed by atoms with Gasteiger partial charge in [-0.15, -0.1) is 0 Å². The molecule has 21 heavy (non-hydrogen) atoms. The Morgan fingerprint density at radius 2 is 1.90 bits per heavy atom. The zero-order valence-corrected chi connectivity index (χ0v) is 12.1. The van der Waals surface area contributed by atoms with Crippen molar-refractivity contribution in [2.45, 2.75) is 32.5 Å². The zero-order valence-electron chi connectivity index (χ0n) is 12.1. The fraction of sp³-hybridized carbons (Fsp3) is 0.500. The average molecular weight is 301 g/mol. The van der Waals surface area contributed by atoms with Crippen molar-refractivity contribution >= 4 is 23.6 Å². The van der Waals surface area contributed by atoms with E-state index in [0.29, 0.717) is 0 Å². The van der Waals surface area contributed by atoms with E-state index in [0.717, 1.165) is 4.68 Å². The highest BCUT2D eigenvalue weighted by Crippen LogP contribution is 2.36. The number of aromatic nitrogens is 3. The Hall–Kier alpha value is -1.61. The van der Waals surface area contributed by atoms with Gasteiger partial charge in [0.1, 0.15) is 0 Å². The lowest BCUT2D eigenvalue weighted by Gasteiger charge is -2.23. The molecule has 0 spiro atoms. The second kappa shape index (κ2) is 4.99. The lowest BCUT2D eigenvalue weighted by atomic mass is 9.80. The Balaban J connectivity index is 2.78. The van der Waals surface area contributed by atoms with Gasteiger partial charge in [-0.25, -0.2) is 4.98 Å². The zero-order chi connectivity index (χ0) is 16.0. The molecule has 0 aliphatic heterocycles. The molecule has 0 aliphatic rings. The molecule has 0 atom stereocenters. The number of hydrogen-bond acceptors (Lipinski definition) is 4.